The molecule has 0 aliphatic heterocycles. The first-order chi connectivity index (χ1) is 14.7. The molecular formula is C24H32ClFN2O3. The number of unbranched alkanes of at least 4 members (excludes halogenated alkanes) is 1. The molecule has 170 valence electrons. The van der Waals surface area contributed by atoms with Crippen LogP contribution in [0.2, 0.25) is 5.02 Å². The highest BCUT2D eigenvalue weighted by Gasteiger charge is 2.40. The predicted octanol–water partition coefficient (Wildman–Crippen LogP) is 5.59. The van der Waals surface area contributed by atoms with Gasteiger partial charge in [0.15, 0.2) is 0 Å². The van der Waals surface area contributed by atoms with Crippen molar-refractivity contribution in [3.05, 3.63) is 64.7 Å². The van der Waals surface area contributed by atoms with E-state index in [1.54, 1.807) is 25.3 Å². The quantitative estimate of drug-likeness (QED) is 0.412. The Hall–Kier alpha value is -2.02. The van der Waals surface area contributed by atoms with Gasteiger partial charge >= 0.3 is 5.97 Å². The maximum Gasteiger partial charge on any atom is 0.309 e. The molecule has 3 atom stereocenters. The molecule has 0 bridgehead atoms. The number of pyridine rings is 1. The molecule has 31 heavy (non-hydrogen) atoms. The number of halogens is 2. The zero-order chi connectivity index (χ0) is 23.0. The van der Waals surface area contributed by atoms with E-state index >= 15 is 0 Å². The van der Waals surface area contributed by atoms with Gasteiger partial charge in [-0.25, -0.2) is 4.39 Å². The van der Waals surface area contributed by atoms with Gasteiger partial charge in [-0.2, -0.15) is 0 Å². The van der Waals surface area contributed by atoms with Crippen LogP contribution in [0.25, 0.3) is 0 Å². The average Bonchev–Trinajstić information content (AvgIpc) is 2.73. The summed E-state index contributed by atoms with van der Waals surface area (Å²) < 4.78 is 19.0. The molecule has 1 aromatic heterocycles. The topological polar surface area (TPSA) is 71.5 Å². The van der Waals surface area contributed by atoms with E-state index in [1.807, 2.05) is 12.1 Å². The number of hydrogen-bond acceptors (Lipinski definition) is 4. The summed E-state index contributed by atoms with van der Waals surface area (Å²) in [6.45, 7) is 6.74. The summed E-state index contributed by atoms with van der Waals surface area (Å²) >= 11 is 5.94. The molecule has 0 spiro atoms. The third kappa shape index (κ3) is 6.73. The molecule has 2 N–H and O–H groups in total. The van der Waals surface area contributed by atoms with Gasteiger partial charge in [0.25, 0.3) is 0 Å². The number of nitrogens with zero attached hydrogens (tertiary/aromatic N) is 1. The van der Waals surface area contributed by atoms with Crippen LogP contribution in [-0.4, -0.2) is 29.7 Å². The van der Waals surface area contributed by atoms with Crippen LogP contribution in [0, 0.1) is 17.7 Å². The molecule has 0 aliphatic rings. The summed E-state index contributed by atoms with van der Waals surface area (Å²) in [5.74, 6) is -1.69. The predicted molar refractivity (Wildman–Crippen MR) is 121 cm³/mol. The smallest absolute Gasteiger partial charge is 0.309 e. The van der Waals surface area contributed by atoms with E-state index in [4.69, 9.17) is 16.3 Å². The zero-order valence-electron chi connectivity index (χ0n) is 18.6. The Morgan fingerprint density at radius 2 is 1.90 bits per heavy atom. The first-order valence-electron chi connectivity index (χ1n) is 10.6. The fourth-order valence-corrected chi connectivity index (χ4v) is 3.97. The van der Waals surface area contributed by atoms with Crippen molar-refractivity contribution in [2.75, 3.05) is 13.7 Å². The summed E-state index contributed by atoms with van der Waals surface area (Å²) in [7, 11) is 1.49. The van der Waals surface area contributed by atoms with Gasteiger partial charge < -0.3 is 15.2 Å². The van der Waals surface area contributed by atoms with Crippen LogP contribution < -0.4 is 5.32 Å². The molecule has 0 saturated carbocycles. The standard InChI is InChI=1S/C24H32ClFN2O3/c1-16(2)22(21-13-10-18(25)15-28-21)27-14-6-5-7-20(23(29)30)24(3,31-4)17-8-11-19(26)12-9-17/h8-13,15-16,20,22,27H,5-7,14H2,1-4H3,(H,29,30)/t20-,22-,24+/m1/s1. The van der Waals surface area contributed by atoms with Gasteiger partial charge in [0.05, 0.1) is 22.7 Å². The molecule has 0 fully saturated rings. The summed E-state index contributed by atoms with van der Waals surface area (Å²) in [5.41, 5.74) is 0.544. The highest BCUT2D eigenvalue weighted by molar-refractivity contribution is 6.30. The molecule has 1 aromatic carbocycles. The Morgan fingerprint density at radius 1 is 1.23 bits per heavy atom. The van der Waals surface area contributed by atoms with Crippen LogP contribution in [0.5, 0.6) is 0 Å². The maximum atomic E-state index is 13.3. The van der Waals surface area contributed by atoms with E-state index in [0.29, 0.717) is 29.3 Å². The van der Waals surface area contributed by atoms with Crippen molar-refractivity contribution in [1.29, 1.82) is 0 Å². The van der Waals surface area contributed by atoms with Crippen LogP contribution in [-0.2, 0) is 15.1 Å². The van der Waals surface area contributed by atoms with Crippen molar-refractivity contribution >= 4 is 17.6 Å². The van der Waals surface area contributed by atoms with Gasteiger partial charge in [0, 0.05) is 13.3 Å². The van der Waals surface area contributed by atoms with Crippen LogP contribution in [0.3, 0.4) is 0 Å². The molecule has 7 heteroatoms. The Bertz CT molecular complexity index is 830. The molecule has 0 aliphatic carbocycles. The SMILES string of the molecule is CO[C@@](C)(c1ccc(F)cc1)[C@H](CCCCN[C@@H](c1ccc(Cl)cn1)C(C)C)C(=O)O. The second kappa shape index (κ2) is 11.6. The number of methoxy groups -OCH3 is 1. The number of ether oxygens (including phenoxy) is 1. The van der Waals surface area contributed by atoms with Gasteiger partial charge in [0.2, 0.25) is 0 Å². The largest absolute Gasteiger partial charge is 0.481 e. The Balaban J connectivity index is 1.96. The van der Waals surface area contributed by atoms with E-state index in [0.717, 1.165) is 18.7 Å². The third-order valence-corrected chi connectivity index (χ3v) is 6.05. The number of nitrogens with one attached hydrogen (secondary N) is 1. The number of aliphatic carboxylic acids is 1. The van der Waals surface area contributed by atoms with Gasteiger partial charge in [-0.05, 0) is 62.1 Å². The monoisotopic (exact) mass is 450 g/mol. The number of carboxylic acid groups (broad SMARTS) is 1. The molecule has 2 rings (SSSR count). The van der Waals surface area contributed by atoms with Crippen molar-refractivity contribution in [3.8, 4) is 0 Å². The number of hydrogen-bond donors (Lipinski definition) is 2. The molecule has 1 heterocycles. The lowest BCUT2D eigenvalue weighted by Crippen LogP contribution is -2.39. The van der Waals surface area contributed by atoms with E-state index in [-0.39, 0.29) is 11.9 Å². The van der Waals surface area contributed by atoms with Crippen LogP contribution in [0.1, 0.15) is 57.3 Å². The molecule has 0 saturated heterocycles. The third-order valence-electron chi connectivity index (χ3n) is 5.82. The van der Waals surface area contributed by atoms with E-state index in [2.05, 4.69) is 24.1 Å². The number of rotatable bonds is 12. The van der Waals surface area contributed by atoms with Crippen LogP contribution >= 0.6 is 11.6 Å². The average molecular weight is 451 g/mol. The molecule has 0 radical (unpaired) electrons. The second-order valence-electron chi connectivity index (χ2n) is 8.28. The molecule has 5 nitrogen and oxygen atoms in total. The minimum atomic E-state index is -1.04. The summed E-state index contributed by atoms with van der Waals surface area (Å²) in [5, 5.41) is 14.0. The number of carbonyl (C=O) groups is 1. The van der Waals surface area contributed by atoms with Gasteiger partial charge in [0.1, 0.15) is 11.4 Å². The van der Waals surface area contributed by atoms with Crippen molar-refractivity contribution in [2.45, 2.75) is 51.7 Å². The van der Waals surface area contributed by atoms with Crippen molar-refractivity contribution in [2.24, 2.45) is 11.8 Å². The van der Waals surface area contributed by atoms with Crippen molar-refractivity contribution in [3.63, 3.8) is 0 Å². The number of benzene rings is 1. The minimum absolute atomic E-state index is 0.0935. The Kier molecular flexibility index (Phi) is 9.41. The molecule has 2 aromatic rings. The Labute approximate surface area is 189 Å². The van der Waals surface area contributed by atoms with Crippen molar-refractivity contribution in [1.82, 2.24) is 10.3 Å². The number of carboxylic acids is 1. The highest BCUT2D eigenvalue weighted by atomic mass is 35.5. The lowest BCUT2D eigenvalue weighted by molar-refractivity contribution is -0.155. The maximum absolute atomic E-state index is 13.3. The van der Waals surface area contributed by atoms with Gasteiger partial charge in [-0.3, -0.25) is 9.78 Å². The summed E-state index contributed by atoms with van der Waals surface area (Å²) in [6, 6.07) is 9.67. The Morgan fingerprint density at radius 3 is 2.42 bits per heavy atom. The fourth-order valence-electron chi connectivity index (χ4n) is 3.86. The molecule has 0 unspecified atom stereocenters. The van der Waals surface area contributed by atoms with Crippen molar-refractivity contribution < 1.29 is 19.0 Å². The zero-order valence-corrected chi connectivity index (χ0v) is 19.3. The molecular weight excluding hydrogens is 419 g/mol. The van der Waals surface area contributed by atoms with Gasteiger partial charge in [-0.15, -0.1) is 0 Å². The fraction of sp³-hybridized carbons (Fsp3) is 0.500. The van der Waals surface area contributed by atoms with Gasteiger partial charge in [-0.1, -0.05) is 44.0 Å². The second-order valence-corrected chi connectivity index (χ2v) is 8.72. The summed E-state index contributed by atoms with van der Waals surface area (Å²) in [6.07, 6.45) is 3.61. The summed E-state index contributed by atoms with van der Waals surface area (Å²) in [4.78, 5) is 16.4. The lowest BCUT2D eigenvalue weighted by Gasteiger charge is -2.34. The highest BCUT2D eigenvalue weighted by Crippen LogP contribution is 2.36. The minimum Gasteiger partial charge on any atom is -0.481 e. The first kappa shape index (κ1) is 25.2. The molecule has 0 amide bonds. The van der Waals surface area contributed by atoms with Crippen LogP contribution in [0.4, 0.5) is 4.39 Å². The first-order valence-corrected chi connectivity index (χ1v) is 11.0. The normalized spacial score (nSPS) is 15.5. The van der Waals surface area contributed by atoms with E-state index in [9.17, 15) is 14.3 Å². The van der Waals surface area contributed by atoms with E-state index in [1.165, 1.54) is 19.2 Å². The lowest BCUT2D eigenvalue weighted by atomic mass is 9.79. The van der Waals surface area contributed by atoms with Crippen LogP contribution in [0.15, 0.2) is 42.6 Å². The number of aromatic nitrogens is 1. The van der Waals surface area contributed by atoms with E-state index < -0.39 is 17.5 Å².